The molecule has 0 bridgehead atoms. The molecule has 1 aliphatic heterocycles. The molecule has 0 atom stereocenters. The molecule has 1 saturated heterocycles. The third-order valence-electron chi connectivity index (χ3n) is 5.93. The molecular formula is C24H23N7. The molecule has 0 saturated carbocycles. The second-order valence-corrected chi connectivity index (χ2v) is 7.98. The number of aromatic nitrogens is 4. The summed E-state index contributed by atoms with van der Waals surface area (Å²) in [6.07, 6.45) is 5.62. The summed E-state index contributed by atoms with van der Waals surface area (Å²) in [5.41, 5.74) is 11.3. The molecule has 4 aromatic rings. The molecule has 3 heterocycles. The van der Waals surface area contributed by atoms with Crippen molar-refractivity contribution < 1.29 is 0 Å². The molecule has 31 heavy (non-hydrogen) atoms. The molecular weight excluding hydrogens is 386 g/mol. The molecule has 0 radical (unpaired) electrons. The lowest BCUT2D eigenvalue weighted by Gasteiger charge is -2.31. The predicted molar refractivity (Wildman–Crippen MR) is 121 cm³/mol. The number of piperidine rings is 1. The molecule has 2 aromatic heterocycles. The van der Waals surface area contributed by atoms with E-state index >= 15 is 0 Å². The molecule has 0 aliphatic carbocycles. The Hall–Kier alpha value is -3.76. The minimum Gasteiger partial charge on any atom is -0.355 e. The molecule has 0 spiro atoms. The van der Waals surface area contributed by atoms with Crippen molar-refractivity contribution in [1.29, 1.82) is 5.26 Å². The summed E-state index contributed by atoms with van der Waals surface area (Å²) in [7, 11) is 1.93. The van der Waals surface area contributed by atoms with Gasteiger partial charge in [0.2, 0.25) is 0 Å². The van der Waals surface area contributed by atoms with E-state index in [9.17, 15) is 0 Å². The van der Waals surface area contributed by atoms with Gasteiger partial charge in [-0.1, -0.05) is 18.2 Å². The quantitative estimate of drug-likeness (QED) is 0.556. The van der Waals surface area contributed by atoms with Gasteiger partial charge in [0, 0.05) is 42.7 Å². The van der Waals surface area contributed by atoms with Gasteiger partial charge in [0.15, 0.2) is 0 Å². The Kier molecular flexibility index (Phi) is 4.85. The first-order chi connectivity index (χ1) is 15.1. The number of nitrogens with two attached hydrogens (primary N) is 1. The van der Waals surface area contributed by atoms with Gasteiger partial charge in [-0.15, -0.1) is 0 Å². The Morgan fingerprint density at radius 2 is 1.74 bits per heavy atom. The van der Waals surface area contributed by atoms with Crippen LogP contribution in [0.25, 0.3) is 33.4 Å². The highest BCUT2D eigenvalue weighted by atomic mass is 15.2. The van der Waals surface area contributed by atoms with Gasteiger partial charge in [-0.3, -0.25) is 9.67 Å². The van der Waals surface area contributed by atoms with Crippen molar-refractivity contribution in [3.63, 3.8) is 0 Å². The third kappa shape index (κ3) is 3.62. The fourth-order valence-corrected chi connectivity index (χ4v) is 4.09. The highest BCUT2D eigenvalue weighted by molar-refractivity contribution is 5.87. The smallest absolute Gasteiger partial charge is 0.147 e. The van der Waals surface area contributed by atoms with Crippen LogP contribution in [0.2, 0.25) is 0 Å². The van der Waals surface area contributed by atoms with E-state index in [0.717, 1.165) is 65.2 Å². The minimum absolute atomic E-state index is 0.257. The Morgan fingerprint density at radius 1 is 1.00 bits per heavy atom. The van der Waals surface area contributed by atoms with Gasteiger partial charge in [0.25, 0.3) is 0 Å². The molecule has 0 unspecified atom stereocenters. The van der Waals surface area contributed by atoms with Crippen LogP contribution in [-0.2, 0) is 7.05 Å². The number of nitriles is 1. The Balaban J connectivity index is 1.62. The number of fused-ring (bicyclic) bond motifs is 1. The molecule has 154 valence electrons. The highest BCUT2D eigenvalue weighted by Crippen LogP contribution is 2.33. The molecule has 1 fully saturated rings. The van der Waals surface area contributed by atoms with Crippen LogP contribution in [0.3, 0.4) is 0 Å². The van der Waals surface area contributed by atoms with Crippen LogP contribution in [0.15, 0.2) is 54.9 Å². The predicted octanol–water partition coefficient (Wildman–Crippen LogP) is 3.50. The van der Waals surface area contributed by atoms with Gasteiger partial charge in [-0.2, -0.15) is 10.4 Å². The summed E-state index contributed by atoms with van der Waals surface area (Å²) in [6, 6.07) is 16.1. The molecule has 7 heteroatoms. The first kappa shape index (κ1) is 19.2. The number of aryl methyl sites for hydroxylation is 1. The maximum atomic E-state index is 9.17. The lowest BCUT2D eigenvalue weighted by atomic mass is 10.0. The SMILES string of the molecule is Cn1ncc2cc(-c3ncc(N4CCC(N)CC4)nc3-c3ccc(C#N)cc3)ccc21. The van der Waals surface area contributed by atoms with Crippen molar-refractivity contribution in [1.82, 2.24) is 19.7 Å². The van der Waals surface area contributed by atoms with E-state index in [1.54, 1.807) is 0 Å². The first-order valence-corrected chi connectivity index (χ1v) is 10.4. The van der Waals surface area contributed by atoms with Crippen LogP contribution in [0.1, 0.15) is 18.4 Å². The number of benzene rings is 2. The number of rotatable bonds is 3. The van der Waals surface area contributed by atoms with E-state index in [1.807, 2.05) is 48.4 Å². The second kappa shape index (κ2) is 7.82. The fourth-order valence-electron chi connectivity index (χ4n) is 4.09. The van der Waals surface area contributed by atoms with Crippen LogP contribution in [0, 0.1) is 11.3 Å². The number of hydrogen-bond donors (Lipinski definition) is 1. The Morgan fingerprint density at radius 3 is 2.48 bits per heavy atom. The molecule has 0 amide bonds. The van der Waals surface area contributed by atoms with Crippen molar-refractivity contribution in [2.75, 3.05) is 18.0 Å². The van der Waals surface area contributed by atoms with E-state index in [1.165, 1.54) is 0 Å². The monoisotopic (exact) mass is 409 g/mol. The van der Waals surface area contributed by atoms with Gasteiger partial charge in [0.05, 0.1) is 40.9 Å². The summed E-state index contributed by atoms with van der Waals surface area (Å²) in [4.78, 5) is 12.1. The Bertz CT molecular complexity index is 1280. The molecule has 1 aliphatic rings. The standard InChI is InChI=1S/C24H23N7/c1-30-21-7-6-18(12-19(21)14-28-30)23-24(17-4-2-16(13-25)3-5-17)29-22(15-27-23)31-10-8-20(26)9-11-31/h2-7,12,14-15,20H,8-11,26H2,1H3. The van der Waals surface area contributed by atoms with Crippen molar-refractivity contribution in [3.05, 3.63) is 60.4 Å². The zero-order valence-electron chi connectivity index (χ0n) is 17.4. The van der Waals surface area contributed by atoms with E-state index < -0.39 is 0 Å². The maximum absolute atomic E-state index is 9.17. The molecule has 2 N–H and O–H groups in total. The van der Waals surface area contributed by atoms with Crippen LogP contribution >= 0.6 is 0 Å². The number of nitrogens with zero attached hydrogens (tertiary/aromatic N) is 6. The van der Waals surface area contributed by atoms with E-state index in [4.69, 9.17) is 21.0 Å². The second-order valence-electron chi connectivity index (χ2n) is 7.98. The van der Waals surface area contributed by atoms with E-state index in [-0.39, 0.29) is 6.04 Å². The van der Waals surface area contributed by atoms with Gasteiger partial charge in [-0.25, -0.2) is 4.98 Å². The van der Waals surface area contributed by atoms with Crippen molar-refractivity contribution >= 4 is 16.7 Å². The normalized spacial score (nSPS) is 14.7. The summed E-state index contributed by atoms with van der Waals surface area (Å²) >= 11 is 0. The largest absolute Gasteiger partial charge is 0.355 e. The van der Waals surface area contributed by atoms with Crippen LogP contribution in [0.5, 0.6) is 0 Å². The molecule has 2 aromatic carbocycles. The Labute approximate surface area is 180 Å². The average molecular weight is 409 g/mol. The van der Waals surface area contributed by atoms with Crippen molar-refractivity contribution in [2.45, 2.75) is 18.9 Å². The third-order valence-corrected chi connectivity index (χ3v) is 5.93. The summed E-state index contributed by atoms with van der Waals surface area (Å²) < 4.78 is 1.86. The zero-order chi connectivity index (χ0) is 21.4. The average Bonchev–Trinajstić information content (AvgIpc) is 3.19. The minimum atomic E-state index is 0.257. The van der Waals surface area contributed by atoms with E-state index in [2.05, 4.69) is 34.3 Å². The summed E-state index contributed by atoms with van der Waals surface area (Å²) in [5.74, 6) is 0.859. The van der Waals surface area contributed by atoms with Gasteiger partial charge in [-0.05, 0) is 37.1 Å². The molecule has 7 nitrogen and oxygen atoms in total. The number of anilines is 1. The lowest BCUT2D eigenvalue weighted by molar-refractivity contribution is 0.498. The van der Waals surface area contributed by atoms with Gasteiger partial charge < -0.3 is 10.6 Å². The van der Waals surface area contributed by atoms with Crippen LogP contribution in [0.4, 0.5) is 5.82 Å². The highest BCUT2D eigenvalue weighted by Gasteiger charge is 2.20. The zero-order valence-corrected chi connectivity index (χ0v) is 17.4. The van der Waals surface area contributed by atoms with Crippen LogP contribution < -0.4 is 10.6 Å². The van der Waals surface area contributed by atoms with Crippen molar-refractivity contribution in [2.24, 2.45) is 12.8 Å². The fraction of sp³-hybridized carbons (Fsp3) is 0.250. The molecule has 5 rings (SSSR count). The first-order valence-electron chi connectivity index (χ1n) is 10.4. The van der Waals surface area contributed by atoms with Crippen LogP contribution in [-0.4, -0.2) is 38.9 Å². The van der Waals surface area contributed by atoms with E-state index in [0.29, 0.717) is 5.56 Å². The number of hydrogen-bond acceptors (Lipinski definition) is 6. The van der Waals surface area contributed by atoms with Crippen molar-refractivity contribution in [3.8, 4) is 28.6 Å². The maximum Gasteiger partial charge on any atom is 0.147 e. The summed E-state index contributed by atoms with van der Waals surface area (Å²) in [5, 5.41) is 14.6. The van der Waals surface area contributed by atoms with Gasteiger partial charge >= 0.3 is 0 Å². The van der Waals surface area contributed by atoms with Gasteiger partial charge in [0.1, 0.15) is 5.82 Å². The lowest BCUT2D eigenvalue weighted by Crippen LogP contribution is -2.40. The topological polar surface area (TPSA) is 96.7 Å². The summed E-state index contributed by atoms with van der Waals surface area (Å²) in [6.45, 7) is 1.76.